The Kier molecular flexibility index (Phi) is 4.27. The number of ether oxygens (including phenoxy) is 1. The van der Waals surface area contributed by atoms with E-state index in [1.54, 1.807) is 6.07 Å². The molecule has 0 amide bonds. The van der Waals surface area contributed by atoms with Gasteiger partial charge < -0.3 is 10.1 Å². The quantitative estimate of drug-likeness (QED) is 0.770. The normalized spacial score (nSPS) is 16.8. The zero-order valence-corrected chi connectivity index (χ0v) is 13.7. The molecule has 1 saturated heterocycles. The third-order valence-electron chi connectivity index (χ3n) is 4.34. The fourth-order valence-corrected chi connectivity index (χ4v) is 3.04. The fourth-order valence-electron chi connectivity index (χ4n) is 3.04. The van der Waals surface area contributed by atoms with Gasteiger partial charge in [-0.25, -0.2) is 4.98 Å². The average molecular weight is 334 g/mol. The van der Waals surface area contributed by atoms with Crippen molar-refractivity contribution in [3.63, 3.8) is 0 Å². The molecular weight excluding hydrogens is 316 g/mol. The molecule has 3 heterocycles. The van der Waals surface area contributed by atoms with Crippen LogP contribution in [0.5, 0.6) is 0 Å². The fraction of sp³-hybridized carbons (Fsp3) is 0.333. The van der Waals surface area contributed by atoms with Gasteiger partial charge in [0.15, 0.2) is 0 Å². The highest BCUT2D eigenvalue weighted by Gasteiger charge is 2.16. The summed E-state index contributed by atoms with van der Waals surface area (Å²) in [6.07, 6.45) is 3.02. The summed E-state index contributed by atoms with van der Waals surface area (Å²) < 4.78 is 7.26. The Labute approximate surface area is 145 Å². The Hall–Kier alpha value is -2.98. The summed E-state index contributed by atoms with van der Waals surface area (Å²) in [5, 5.41) is 21.8. The summed E-state index contributed by atoms with van der Waals surface area (Å²) in [5.74, 6) is 1.18. The molecule has 1 unspecified atom stereocenters. The maximum absolute atomic E-state index is 9.34. The average Bonchev–Trinajstić information content (AvgIpc) is 3.31. The maximum atomic E-state index is 9.34. The molecule has 0 aliphatic carbocycles. The van der Waals surface area contributed by atoms with Crippen LogP contribution in [-0.4, -0.2) is 33.2 Å². The van der Waals surface area contributed by atoms with Crippen LogP contribution in [0.25, 0.3) is 10.9 Å². The molecule has 0 saturated carbocycles. The molecule has 0 spiro atoms. The van der Waals surface area contributed by atoms with Gasteiger partial charge in [-0.05, 0) is 18.6 Å². The van der Waals surface area contributed by atoms with E-state index in [9.17, 15) is 5.26 Å². The second-order valence-electron chi connectivity index (χ2n) is 6.20. The van der Waals surface area contributed by atoms with E-state index in [1.807, 2.05) is 35.1 Å². The summed E-state index contributed by atoms with van der Waals surface area (Å²) in [5.41, 5.74) is 2.25. The summed E-state index contributed by atoms with van der Waals surface area (Å²) in [6.45, 7) is 2.98. The highest BCUT2D eigenvalue weighted by atomic mass is 16.5. The molecule has 1 aliphatic rings. The highest BCUT2D eigenvalue weighted by molar-refractivity contribution is 5.86. The van der Waals surface area contributed by atoms with Gasteiger partial charge in [0.1, 0.15) is 11.5 Å². The van der Waals surface area contributed by atoms with Gasteiger partial charge in [-0.2, -0.15) is 5.26 Å². The molecule has 1 aliphatic heterocycles. The minimum Gasteiger partial charge on any atom is -0.381 e. The number of benzene rings is 1. The number of nitrogens with one attached hydrogen (secondary N) is 1. The Morgan fingerprint density at radius 2 is 2.28 bits per heavy atom. The predicted octanol–water partition coefficient (Wildman–Crippen LogP) is 2.35. The molecule has 1 fully saturated rings. The van der Waals surface area contributed by atoms with Gasteiger partial charge in [-0.3, -0.25) is 4.68 Å². The molecule has 126 valence electrons. The van der Waals surface area contributed by atoms with Gasteiger partial charge in [0, 0.05) is 24.5 Å². The zero-order valence-electron chi connectivity index (χ0n) is 13.7. The van der Waals surface area contributed by atoms with Crippen LogP contribution in [0.2, 0.25) is 0 Å². The van der Waals surface area contributed by atoms with Crippen LogP contribution < -0.4 is 5.32 Å². The van der Waals surface area contributed by atoms with Gasteiger partial charge in [0.05, 0.1) is 36.5 Å². The first kappa shape index (κ1) is 15.5. The zero-order chi connectivity index (χ0) is 17.1. The Morgan fingerprint density at radius 1 is 1.36 bits per heavy atom. The number of aromatic nitrogens is 4. The van der Waals surface area contributed by atoms with E-state index in [2.05, 4.69) is 26.7 Å². The van der Waals surface area contributed by atoms with Crippen molar-refractivity contribution in [1.29, 1.82) is 5.26 Å². The molecule has 4 rings (SSSR count). The van der Waals surface area contributed by atoms with Crippen molar-refractivity contribution in [3.8, 4) is 6.07 Å². The van der Waals surface area contributed by atoms with Crippen LogP contribution in [0.15, 0.2) is 36.5 Å². The van der Waals surface area contributed by atoms with E-state index in [-0.39, 0.29) is 0 Å². The van der Waals surface area contributed by atoms with E-state index in [0.29, 0.717) is 23.8 Å². The van der Waals surface area contributed by atoms with E-state index < -0.39 is 0 Å². The third kappa shape index (κ3) is 3.44. The Morgan fingerprint density at radius 3 is 3.12 bits per heavy atom. The number of para-hydroxylation sites is 1. The molecule has 0 bridgehead atoms. The van der Waals surface area contributed by atoms with Gasteiger partial charge in [-0.15, -0.1) is 5.10 Å². The first-order valence-electron chi connectivity index (χ1n) is 8.32. The van der Waals surface area contributed by atoms with Crippen molar-refractivity contribution in [2.75, 3.05) is 18.5 Å². The smallest absolute Gasteiger partial charge is 0.128 e. The lowest BCUT2D eigenvalue weighted by atomic mass is 10.1. The lowest BCUT2D eigenvalue weighted by Crippen LogP contribution is -2.11. The Balaban J connectivity index is 1.45. The second-order valence-corrected chi connectivity index (χ2v) is 6.20. The molecule has 2 aromatic heterocycles. The molecule has 3 aromatic rings. The van der Waals surface area contributed by atoms with Crippen LogP contribution in [-0.2, 0) is 17.8 Å². The molecule has 0 radical (unpaired) electrons. The number of fused-ring (bicyclic) bond motifs is 1. The molecule has 7 heteroatoms. The maximum Gasteiger partial charge on any atom is 0.128 e. The van der Waals surface area contributed by atoms with Crippen molar-refractivity contribution in [2.24, 2.45) is 5.92 Å². The number of anilines is 1. The van der Waals surface area contributed by atoms with Gasteiger partial charge in [0.25, 0.3) is 0 Å². The van der Waals surface area contributed by atoms with Crippen LogP contribution in [0, 0.1) is 17.2 Å². The lowest BCUT2D eigenvalue weighted by molar-refractivity contribution is 0.181. The van der Waals surface area contributed by atoms with Crippen LogP contribution in [0.4, 0.5) is 5.82 Å². The summed E-state index contributed by atoms with van der Waals surface area (Å²) in [4.78, 5) is 4.56. The number of hydrogen-bond donors (Lipinski definition) is 1. The monoisotopic (exact) mass is 334 g/mol. The second kappa shape index (κ2) is 6.87. The molecule has 1 aromatic carbocycles. The first-order chi connectivity index (χ1) is 12.3. The van der Waals surface area contributed by atoms with Crippen LogP contribution >= 0.6 is 0 Å². The van der Waals surface area contributed by atoms with Crippen molar-refractivity contribution < 1.29 is 4.74 Å². The summed E-state index contributed by atoms with van der Waals surface area (Å²) in [7, 11) is 0. The number of nitriles is 1. The lowest BCUT2D eigenvalue weighted by Gasteiger charge is -2.07. The summed E-state index contributed by atoms with van der Waals surface area (Å²) >= 11 is 0. The predicted molar refractivity (Wildman–Crippen MR) is 92.7 cm³/mol. The van der Waals surface area contributed by atoms with E-state index in [0.717, 1.165) is 42.8 Å². The SMILES string of the molecule is N#Cc1cc(NCc2cn(CC3CCOC3)nn2)nc2ccccc12. The number of nitrogens with zero attached hydrogens (tertiary/aromatic N) is 5. The van der Waals surface area contributed by atoms with Crippen molar-refractivity contribution in [3.05, 3.63) is 47.8 Å². The largest absolute Gasteiger partial charge is 0.381 e. The highest BCUT2D eigenvalue weighted by Crippen LogP contribution is 2.20. The van der Waals surface area contributed by atoms with Gasteiger partial charge in [-0.1, -0.05) is 23.4 Å². The van der Waals surface area contributed by atoms with Crippen LogP contribution in [0.3, 0.4) is 0 Å². The van der Waals surface area contributed by atoms with Gasteiger partial charge in [0.2, 0.25) is 0 Å². The number of pyridine rings is 1. The summed E-state index contributed by atoms with van der Waals surface area (Å²) in [6, 6.07) is 11.6. The first-order valence-corrected chi connectivity index (χ1v) is 8.32. The molecule has 25 heavy (non-hydrogen) atoms. The minimum atomic E-state index is 0.511. The van der Waals surface area contributed by atoms with Crippen molar-refractivity contribution in [2.45, 2.75) is 19.5 Å². The minimum absolute atomic E-state index is 0.511. The standard InChI is InChI=1S/C18H18N6O/c19-8-14-7-18(21-17-4-2-1-3-16(14)17)20-9-15-11-24(23-22-15)10-13-5-6-25-12-13/h1-4,7,11,13H,5-6,9-10,12H2,(H,20,21). The Bertz CT molecular complexity index is 923. The molecule has 7 nitrogen and oxygen atoms in total. The number of rotatable bonds is 5. The molecular formula is C18H18N6O. The number of hydrogen-bond acceptors (Lipinski definition) is 6. The van der Waals surface area contributed by atoms with E-state index in [1.165, 1.54) is 0 Å². The molecule has 1 atom stereocenters. The van der Waals surface area contributed by atoms with Crippen LogP contribution in [0.1, 0.15) is 17.7 Å². The van der Waals surface area contributed by atoms with Crippen molar-refractivity contribution >= 4 is 16.7 Å². The van der Waals surface area contributed by atoms with Gasteiger partial charge >= 0.3 is 0 Å². The third-order valence-corrected chi connectivity index (χ3v) is 4.34. The van der Waals surface area contributed by atoms with E-state index >= 15 is 0 Å². The topological polar surface area (TPSA) is 88.7 Å². The van der Waals surface area contributed by atoms with Crippen molar-refractivity contribution in [1.82, 2.24) is 20.0 Å². The molecule has 1 N–H and O–H groups in total. The van der Waals surface area contributed by atoms with E-state index in [4.69, 9.17) is 4.74 Å².